The predicted molar refractivity (Wildman–Crippen MR) is 138 cm³/mol. The van der Waals surface area contributed by atoms with Crippen LogP contribution in [0.2, 0.25) is 0 Å². The third-order valence-electron chi connectivity index (χ3n) is 4.89. The highest BCUT2D eigenvalue weighted by atomic mass is 127. The first-order chi connectivity index (χ1) is 15.8. The number of ether oxygens (including phenoxy) is 2. The highest BCUT2D eigenvalue weighted by molar-refractivity contribution is 14.1. The molecule has 1 aliphatic rings. The lowest BCUT2D eigenvalue weighted by Gasteiger charge is -2.19. The van der Waals surface area contributed by atoms with Gasteiger partial charge in [0, 0.05) is 11.7 Å². The Labute approximate surface area is 211 Å². The van der Waals surface area contributed by atoms with Crippen LogP contribution in [0.5, 0.6) is 11.5 Å². The molecule has 9 heteroatoms. The van der Waals surface area contributed by atoms with Crippen LogP contribution in [0.1, 0.15) is 32.8 Å². The SMILES string of the molecule is CCOc1cc(/C=C2/SC(=O)N([C@H](C)CC)C2=O)cc(I)c1OCC(=O)Nc1ccccc1. The van der Waals surface area contributed by atoms with Crippen LogP contribution in [-0.2, 0) is 9.59 Å². The number of nitrogens with zero attached hydrogens (tertiary/aromatic N) is 1. The molecule has 1 heterocycles. The quantitative estimate of drug-likeness (QED) is 0.310. The molecular weight excluding hydrogens is 555 g/mol. The molecule has 3 rings (SSSR count). The van der Waals surface area contributed by atoms with E-state index in [9.17, 15) is 14.4 Å². The van der Waals surface area contributed by atoms with Gasteiger partial charge in [-0.25, -0.2) is 0 Å². The number of imide groups is 1. The highest BCUT2D eigenvalue weighted by Crippen LogP contribution is 2.38. The van der Waals surface area contributed by atoms with Crippen molar-refractivity contribution in [1.29, 1.82) is 0 Å². The summed E-state index contributed by atoms with van der Waals surface area (Å²) in [6, 6.07) is 12.6. The Morgan fingerprint density at radius 2 is 1.91 bits per heavy atom. The van der Waals surface area contributed by atoms with Gasteiger partial charge < -0.3 is 14.8 Å². The lowest BCUT2D eigenvalue weighted by molar-refractivity contribution is -0.124. The molecule has 1 N–H and O–H groups in total. The van der Waals surface area contributed by atoms with Crippen LogP contribution >= 0.6 is 34.4 Å². The van der Waals surface area contributed by atoms with Gasteiger partial charge in [-0.3, -0.25) is 19.3 Å². The number of nitrogens with one attached hydrogen (secondary N) is 1. The number of thioether (sulfide) groups is 1. The lowest BCUT2D eigenvalue weighted by atomic mass is 10.1. The van der Waals surface area contributed by atoms with Gasteiger partial charge in [0.05, 0.1) is 15.1 Å². The maximum absolute atomic E-state index is 12.7. The fourth-order valence-corrected chi connectivity index (χ4v) is 4.84. The van der Waals surface area contributed by atoms with E-state index in [1.807, 2.05) is 45.0 Å². The summed E-state index contributed by atoms with van der Waals surface area (Å²) in [6.07, 6.45) is 2.38. The molecule has 0 aliphatic carbocycles. The van der Waals surface area contributed by atoms with E-state index in [0.717, 1.165) is 15.3 Å². The molecule has 0 unspecified atom stereocenters. The second kappa shape index (κ2) is 11.6. The van der Waals surface area contributed by atoms with Gasteiger partial charge in [-0.05, 0) is 90.5 Å². The first-order valence-corrected chi connectivity index (χ1v) is 12.4. The van der Waals surface area contributed by atoms with Crippen molar-refractivity contribution in [3.63, 3.8) is 0 Å². The molecule has 2 aromatic rings. The molecule has 1 saturated heterocycles. The number of amides is 3. The van der Waals surface area contributed by atoms with Crippen molar-refractivity contribution < 1.29 is 23.9 Å². The number of carbonyl (C=O) groups excluding carboxylic acids is 3. The van der Waals surface area contributed by atoms with Gasteiger partial charge in [0.2, 0.25) is 0 Å². The van der Waals surface area contributed by atoms with Crippen molar-refractivity contribution in [2.24, 2.45) is 0 Å². The van der Waals surface area contributed by atoms with E-state index in [-0.39, 0.29) is 29.7 Å². The number of para-hydroxylation sites is 1. The standard InChI is InChI=1S/C24H25IN2O5S/c1-4-15(3)27-23(29)20(33-24(27)30)13-16-11-18(25)22(19(12-16)31-5-2)32-14-21(28)26-17-9-7-6-8-10-17/h6-13,15H,4-5,14H2,1-3H3,(H,26,28)/b20-13+/t15-/m1/s1. The number of rotatable bonds is 9. The molecule has 0 bridgehead atoms. The fraction of sp³-hybridized carbons (Fsp3) is 0.292. The molecule has 2 aromatic carbocycles. The molecular formula is C24H25IN2O5S. The number of halogens is 1. The molecule has 33 heavy (non-hydrogen) atoms. The van der Waals surface area contributed by atoms with Gasteiger partial charge in [-0.15, -0.1) is 0 Å². The molecule has 3 amide bonds. The first-order valence-electron chi connectivity index (χ1n) is 10.5. The third-order valence-corrected chi connectivity index (χ3v) is 6.57. The summed E-state index contributed by atoms with van der Waals surface area (Å²) in [5, 5.41) is 2.52. The fourth-order valence-electron chi connectivity index (χ4n) is 3.12. The summed E-state index contributed by atoms with van der Waals surface area (Å²) in [6.45, 7) is 5.86. The number of anilines is 1. The van der Waals surface area contributed by atoms with Gasteiger partial charge in [-0.1, -0.05) is 25.1 Å². The van der Waals surface area contributed by atoms with E-state index >= 15 is 0 Å². The molecule has 0 spiro atoms. The van der Waals surface area contributed by atoms with Crippen molar-refractivity contribution in [1.82, 2.24) is 4.90 Å². The van der Waals surface area contributed by atoms with Gasteiger partial charge >= 0.3 is 0 Å². The van der Waals surface area contributed by atoms with Crippen LogP contribution in [0, 0.1) is 3.57 Å². The minimum Gasteiger partial charge on any atom is -0.490 e. The zero-order valence-electron chi connectivity index (χ0n) is 18.6. The highest BCUT2D eigenvalue weighted by Gasteiger charge is 2.37. The molecule has 1 atom stereocenters. The zero-order valence-corrected chi connectivity index (χ0v) is 21.6. The molecule has 0 aromatic heterocycles. The number of hydrogen-bond acceptors (Lipinski definition) is 6. The van der Waals surface area contributed by atoms with Crippen LogP contribution in [0.4, 0.5) is 10.5 Å². The van der Waals surface area contributed by atoms with Crippen molar-refractivity contribution in [2.45, 2.75) is 33.2 Å². The smallest absolute Gasteiger partial charge is 0.293 e. The minimum absolute atomic E-state index is 0.152. The number of carbonyl (C=O) groups is 3. The van der Waals surface area contributed by atoms with Gasteiger partial charge in [-0.2, -0.15) is 0 Å². The second-order valence-corrected chi connectivity index (χ2v) is 9.43. The Morgan fingerprint density at radius 1 is 1.18 bits per heavy atom. The predicted octanol–water partition coefficient (Wildman–Crippen LogP) is 5.54. The van der Waals surface area contributed by atoms with E-state index in [2.05, 4.69) is 27.9 Å². The molecule has 1 fully saturated rings. The maximum Gasteiger partial charge on any atom is 0.293 e. The summed E-state index contributed by atoms with van der Waals surface area (Å²) < 4.78 is 12.2. The van der Waals surface area contributed by atoms with E-state index in [1.54, 1.807) is 24.3 Å². The van der Waals surface area contributed by atoms with Gasteiger partial charge in [0.25, 0.3) is 17.1 Å². The molecule has 7 nitrogen and oxygen atoms in total. The Balaban J connectivity index is 1.78. The van der Waals surface area contributed by atoms with E-state index < -0.39 is 0 Å². The first kappa shape index (κ1) is 25.1. The normalized spacial score (nSPS) is 15.6. The Morgan fingerprint density at radius 3 is 2.58 bits per heavy atom. The summed E-state index contributed by atoms with van der Waals surface area (Å²) in [7, 11) is 0. The van der Waals surface area contributed by atoms with Crippen molar-refractivity contribution in [3.05, 3.63) is 56.5 Å². The average Bonchev–Trinajstić information content (AvgIpc) is 3.06. The van der Waals surface area contributed by atoms with Crippen LogP contribution in [0.3, 0.4) is 0 Å². The molecule has 0 radical (unpaired) electrons. The monoisotopic (exact) mass is 580 g/mol. The summed E-state index contributed by atoms with van der Waals surface area (Å²) in [5.41, 5.74) is 1.39. The van der Waals surface area contributed by atoms with Crippen LogP contribution in [0.25, 0.3) is 6.08 Å². The van der Waals surface area contributed by atoms with E-state index in [4.69, 9.17) is 9.47 Å². The number of benzene rings is 2. The lowest BCUT2D eigenvalue weighted by Crippen LogP contribution is -2.36. The largest absolute Gasteiger partial charge is 0.490 e. The maximum atomic E-state index is 12.7. The molecule has 174 valence electrons. The summed E-state index contributed by atoms with van der Waals surface area (Å²) in [4.78, 5) is 39.0. The summed E-state index contributed by atoms with van der Waals surface area (Å²) in [5.74, 6) is 0.335. The van der Waals surface area contributed by atoms with E-state index in [0.29, 0.717) is 40.7 Å². The topological polar surface area (TPSA) is 84.9 Å². The zero-order chi connectivity index (χ0) is 24.0. The number of hydrogen-bond donors (Lipinski definition) is 1. The molecule has 0 saturated carbocycles. The minimum atomic E-state index is -0.290. The molecule has 1 aliphatic heterocycles. The van der Waals surface area contributed by atoms with Crippen LogP contribution in [-0.4, -0.2) is 41.2 Å². The van der Waals surface area contributed by atoms with Crippen molar-refractivity contribution >= 4 is 63.2 Å². The average molecular weight is 580 g/mol. The van der Waals surface area contributed by atoms with Gasteiger partial charge in [0.1, 0.15) is 0 Å². The second-order valence-electron chi connectivity index (χ2n) is 7.27. The Kier molecular flexibility index (Phi) is 8.79. The van der Waals surface area contributed by atoms with Crippen molar-refractivity contribution in [3.8, 4) is 11.5 Å². The Hall–Kier alpha value is -2.53. The van der Waals surface area contributed by atoms with Crippen molar-refractivity contribution in [2.75, 3.05) is 18.5 Å². The van der Waals surface area contributed by atoms with Gasteiger partial charge in [0.15, 0.2) is 18.1 Å². The third kappa shape index (κ3) is 6.29. The van der Waals surface area contributed by atoms with Crippen LogP contribution < -0.4 is 14.8 Å². The Bertz CT molecular complexity index is 1070. The summed E-state index contributed by atoms with van der Waals surface area (Å²) >= 11 is 3.04. The van der Waals surface area contributed by atoms with Crippen LogP contribution in [0.15, 0.2) is 47.4 Å². The van der Waals surface area contributed by atoms with E-state index in [1.165, 1.54) is 4.90 Å².